The van der Waals surface area contributed by atoms with Gasteiger partial charge in [0.1, 0.15) is 6.04 Å². The molecule has 98 valence electrons. The van der Waals surface area contributed by atoms with E-state index in [1.54, 1.807) is 11.8 Å². The number of nitrogens with zero attached hydrogens (tertiary/aromatic N) is 1. The van der Waals surface area contributed by atoms with Crippen LogP contribution in [-0.4, -0.2) is 58.1 Å². The first kappa shape index (κ1) is 14.3. The molecule has 1 fully saturated rings. The van der Waals surface area contributed by atoms with Crippen LogP contribution in [-0.2, 0) is 9.59 Å². The van der Waals surface area contributed by atoms with E-state index in [9.17, 15) is 9.59 Å². The van der Waals surface area contributed by atoms with Crippen molar-refractivity contribution < 1.29 is 14.7 Å². The quantitative estimate of drug-likeness (QED) is 0.769. The van der Waals surface area contributed by atoms with Crippen molar-refractivity contribution in [2.24, 2.45) is 0 Å². The Morgan fingerprint density at radius 3 is 2.65 bits per heavy atom. The van der Waals surface area contributed by atoms with Gasteiger partial charge in [0.25, 0.3) is 0 Å². The fourth-order valence-electron chi connectivity index (χ4n) is 1.55. The number of rotatable bonds is 3. The lowest BCUT2D eigenvalue weighted by Gasteiger charge is -2.33. The number of nitrogens with one attached hydrogen (secondary N) is 1. The molecule has 0 aromatic carbocycles. The second-order valence-corrected chi connectivity index (χ2v) is 6.27. The van der Waals surface area contributed by atoms with Crippen LogP contribution >= 0.6 is 11.8 Å². The van der Waals surface area contributed by atoms with Gasteiger partial charge in [-0.15, -0.1) is 0 Å². The van der Waals surface area contributed by atoms with E-state index < -0.39 is 12.0 Å². The van der Waals surface area contributed by atoms with Gasteiger partial charge in [-0.05, 0) is 20.8 Å². The van der Waals surface area contributed by atoms with Crippen molar-refractivity contribution in [3.8, 4) is 0 Å². The average molecular weight is 260 g/mol. The van der Waals surface area contributed by atoms with Crippen LogP contribution in [0.15, 0.2) is 0 Å². The fraction of sp³-hybridized carbons (Fsp3) is 0.818. The van der Waals surface area contributed by atoms with Gasteiger partial charge >= 0.3 is 5.97 Å². The molecule has 0 aromatic rings. The van der Waals surface area contributed by atoms with Gasteiger partial charge in [0, 0.05) is 23.6 Å². The zero-order chi connectivity index (χ0) is 13.1. The van der Waals surface area contributed by atoms with Crippen LogP contribution in [0.25, 0.3) is 0 Å². The average Bonchev–Trinajstić information content (AvgIpc) is 2.25. The van der Waals surface area contributed by atoms with Crippen molar-refractivity contribution in [1.29, 1.82) is 0 Å². The molecule has 5 nitrogen and oxygen atoms in total. The Labute approximate surface area is 106 Å². The van der Waals surface area contributed by atoms with E-state index in [1.807, 2.05) is 20.8 Å². The molecule has 1 aliphatic rings. The van der Waals surface area contributed by atoms with Crippen LogP contribution in [0.5, 0.6) is 0 Å². The molecule has 0 radical (unpaired) electrons. The summed E-state index contributed by atoms with van der Waals surface area (Å²) < 4.78 is 0. The molecule has 0 aromatic heterocycles. The Kier molecular flexibility index (Phi) is 4.82. The summed E-state index contributed by atoms with van der Waals surface area (Å²) >= 11 is 1.58. The third-order valence-electron chi connectivity index (χ3n) is 2.50. The summed E-state index contributed by atoms with van der Waals surface area (Å²) in [7, 11) is 0. The molecule has 1 aliphatic heterocycles. The largest absolute Gasteiger partial charge is 0.480 e. The first-order chi connectivity index (χ1) is 7.81. The van der Waals surface area contributed by atoms with Crippen LogP contribution in [0.3, 0.4) is 0 Å². The predicted octanol–water partition coefficient (Wildman–Crippen LogP) is 0.403. The first-order valence-electron chi connectivity index (χ1n) is 5.66. The monoisotopic (exact) mass is 260 g/mol. The fourth-order valence-corrected chi connectivity index (χ4v) is 2.59. The minimum absolute atomic E-state index is 0.132. The highest BCUT2D eigenvalue weighted by Gasteiger charge is 2.32. The van der Waals surface area contributed by atoms with Gasteiger partial charge in [0.2, 0.25) is 5.91 Å². The third-order valence-corrected chi connectivity index (χ3v) is 3.53. The Morgan fingerprint density at radius 1 is 1.47 bits per heavy atom. The number of carbonyl (C=O) groups excluding carboxylic acids is 1. The summed E-state index contributed by atoms with van der Waals surface area (Å²) in [5, 5.41) is 12.1. The highest BCUT2D eigenvalue weighted by Crippen LogP contribution is 2.16. The molecule has 1 rings (SSSR count). The van der Waals surface area contributed by atoms with Gasteiger partial charge in [-0.2, -0.15) is 11.8 Å². The van der Waals surface area contributed by atoms with Crippen LogP contribution < -0.4 is 5.32 Å². The van der Waals surface area contributed by atoms with Crippen molar-refractivity contribution in [3.63, 3.8) is 0 Å². The van der Waals surface area contributed by atoms with Gasteiger partial charge in [-0.1, -0.05) is 0 Å². The maximum Gasteiger partial charge on any atom is 0.327 e. The minimum Gasteiger partial charge on any atom is -0.480 e. The van der Waals surface area contributed by atoms with Crippen LogP contribution in [0, 0.1) is 0 Å². The number of carbonyl (C=O) groups is 2. The molecular formula is C11H20N2O3S. The predicted molar refractivity (Wildman–Crippen MR) is 68.2 cm³/mol. The van der Waals surface area contributed by atoms with Crippen molar-refractivity contribution in [2.75, 3.05) is 24.6 Å². The molecule has 2 N–H and O–H groups in total. The van der Waals surface area contributed by atoms with E-state index in [1.165, 1.54) is 4.90 Å². The first-order valence-corrected chi connectivity index (χ1v) is 6.82. The van der Waals surface area contributed by atoms with Crippen molar-refractivity contribution in [1.82, 2.24) is 10.2 Å². The lowest BCUT2D eigenvalue weighted by Crippen LogP contribution is -2.54. The van der Waals surface area contributed by atoms with E-state index in [2.05, 4.69) is 5.32 Å². The molecular weight excluding hydrogens is 240 g/mol. The Balaban J connectivity index is 2.56. The number of hydrogen-bond donors (Lipinski definition) is 2. The zero-order valence-electron chi connectivity index (χ0n) is 10.5. The van der Waals surface area contributed by atoms with Crippen LogP contribution in [0.2, 0.25) is 0 Å². The standard InChI is InChI=1S/C11H20N2O3S/c1-11(2,3)12-6-9(14)13-4-5-17-7-8(13)10(15)16/h8,12H,4-7H2,1-3H3,(H,15,16). The van der Waals surface area contributed by atoms with Gasteiger partial charge in [0.05, 0.1) is 6.54 Å². The van der Waals surface area contributed by atoms with Gasteiger partial charge in [-0.25, -0.2) is 4.79 Å². The van der Waals surface area contributed by atoms with Crippen LogP contribution in [0.4, 0.5) is 0 Å². The number of carboxylic acid groups (broad SMARTS) is 1. The third kappa shape index (κ3) is 4.55. The van der Waals surface area contributed by atoms with Crippen LogP contribution in [0.1, 0.15) is 20.8 Å². The van der Waals surface area contributed by atoms with E-state index >= 15 is 0 Å². The lowest BCUT2D eigenvalue weighted by atomic mass is 10.1. The minimum atomic E-state index is -0.915. The molecule has 1 amide bonds. The van der Waals surface area contributed by atoms with E-state index in [-0.39, 0.29) is 18.0 Å². The highest BCUT2D eigenvalue weighted by atomic mass is 32.2. The molecule has 0 saturated carbocycles. The highest BCUT2D eigenvalue weighted by molar-refractivity contribution is 7.99. The summed E-state index contributed by atoms with van der Waals surface area (Å²) in [5.74, 6) is 0.246. The topological polar surface area (TPSA) is 69.6 Å². The second-order valence-electron chi connectivity index (χ2n) is 5.12. The van der Waals surface area contributed by atoms with E-state index in [0.717, 1.165) is 5.75 Å². The number of hydrogen-bond acceptors (Lipinski definition) is 4. The number of aliphatic carboxylic acids is 1. The maximum atomic E-state index is 12.0. The SMILES string of the molecule is CC(C)(C)NCC(=O)N1CCSCC1C(=O)O. The van der Waals surface area contributed by atoms with Gasteiger partial charge < -0.3 is 15.3 Å². The second kappa shape index (κ2) is 5.73. The lowest BCUT2D eigenvalue weighted by molar-refractivity contribution is -0.148. The molecule has 1 unspecified atom stereocenters. The number of thioether (sulfide) groups is 1. The number of carboxylic acids is 1. The summed E-state index contributed by atoms with van der Waals surface area (Å²) in [6.07, 6.45) is 0. The van der Waals surface area contributed by atoms with Crippen molar-refractivity contribution in [2.45, 2.75) is 32.4 Å². The Morgan fingerprint density at radius 2 is 2.12 bits per heavy atom. The molecule has 0 spiro atoms. The molecule has 6 heteroatoms. The molecule has 1 heterocycles. The Hall–Kier alpha value is -0.750. The summed E-state index contributed by atoms with van der Waals surface area (Å²) in [4.78, 5) is 24.5. The van der Waals surface area contributed by atoms with Crippen molar-refractivity contribution >= 4 is 23.6 Å². The zero-order valence-corrected chi connectivity index (χ0v) is 11.3. The number of amides is 1. The van der Waals surface area contributed by atoms with Gasteiger partial charge in [0.15, 0.2) is 0 Å². The normalized spacial score (nSPS) is 21.4. The van der Waals surface area contributed by atoms with Gasteiger partial charge in [-0.3, -0.25) is 4.79 Å². The maximum absolute atomic E-state index is 12.0. The molecule has 0 bridgehead atoms. The van der Waals surface area contributed by atoms with E-state index in [0.29, 0.717) is 12.3 Å². The molecule has 0 aliphatic carbocycles. The summed E-state index contributed by atoms with van der Waals surface area (Å²) in [6.45, 7) is 6.63. The summed E-state index contributed by atoms with van der Waals surface area (Å²) in [5.41, 5.74) is -0.140. The molecule has 1 saturated heterocycles. The van der Waals surface area contributed by atoms with Crippen molar-refractivity contribution in [3.05, 3.63) is 0 Å². The molecule has 17 heavy (non-hydrogen) atoms. The smallest absolute Gasteiger partial charge is 0.327 e. The Bertz CT molecular complexity index is 302. The summed E-state index contributed by atoms with van der Waals surface area (Å²) in [6, 6.07) is -0.678. The molecule has 1 atom stereocenters. The van der Waals surface area contributed by atoms with E-state index in [4.69, 9.17) is 5.11 Å².